The number of nitrogens with one attached hydrogen (secondary N) is 1. The van der Waals surface area contributed by atoms with E-state index in [2.05, 4.69) is 15.2 Å². The van der Waals surface area contributed by atoms with Gasteiger partial charge >= 0.3 is 0 Å². The van der Waals surface area contributed by atoms with E-state index in [4.69, 9.17) is 9.47 Å². The number of carbonyl (C=O) groups is 1. The van der Waals surface area contributed by atoms with Crippen LogP contribution in [0.3, 0.4) is 0 Å². The van der Waals surface area contributed by atoms with Crippen LogP contribution in [0.5, 0.6) is 11.5 Å². The number of H-pyrrole nitrogens is 1. The number of rotatable bonds is 7. The molecular formula is C20H19N3O4S. The maximum Gasteiger partial charge on any atom is 0.273 e. The SMILES string of the molecule is COc1ccc(C(=O)[C@@H](Sc2nnc(C)c(=O)[nH]2)c2ccc(OC)cc2)cc1. The van der Waals surface area contributed by atoms with Crippen molar-refractivity contribution in [2.24, 2.45) is 0 Å². The Morgan fingerprint density at radius 2 is 1.54 bits per heavy atom. The molecule has 1 heterocycles. The third-order valence-corrected chi connectivity index (χ3v) is 5.23. The van der Waals surface area contributed by atoms with E-state index in [0.717, 1.165) is 17.3 Å². The van der Waals surface area contributed by atoms with E-state index in [1.165, 1.54) is 0 Å². The number of methoxy groups -OCH3 is 2. The number of ketones is 1. The first-order valence-electron chi connectivity index (χ1n) is 8.44. The second-order valence-corrected chi connectivity index (χ2v) is 7.00. The summed E-state index contributed by atoms with van der Waals surface area (Å²) in [6, 6.07) is 14.1. The van der Waals surface area contributed by atoms with Gasteiger partial charge in [0.1, 0.15) is 22.4 Å². The molecule has 0 unspecified atom stereocenters. The fourth-order valence-electron chi connectivity index (χ4n) is 2.50. The molecule has 0 aliphatic carbocycles. The van der Waals surface area contributed by atoms with Crippen LogP contribution in [0.15, 0.2) is 58.5 Å². The lowest BCUT2D eigenvalue weighted by Crippen LogP contribution is -2.16. The minimum Gasteiger partial charge on any atom is -0.497 e. The summed E-state index contributed by atoms with van der Waals surface area (Å²) in [6.07, 6.45) is 0. The maximum absolute atomic E-state index is 13.2. The van der Waals surface area contributed by atoms with E-state index in [9.17, 15) is 9.59 Å². The minimum atomic E-state index is -0.619. The number of aromatic amines is 1. The first-order chi connectivity index (χ1) is 13.5. The fraction of sp³-hybridized carbons (Fsp3) is 0.200. The zero-order chi connectivity index (χ0) is 20.1. The molecule has 0 saturated carbocycles. The van der Waals surface area contributed by atoms with Crippen molar-refractivity contribution in [1.82, 2.24) is 15.2 Å². The highest BCUT2D eigenvalue weighted by molar-refractivity contribution is 8.00. The molecule has 0 bridgehead atoms. The van der Waals surface area contributed by atoms with Crippen LogP contribution in [0.1, 0.15) is 26.9 Å². The van der Waals surface area contributed by atoms with Crippen LogP contribution >= 0.6 is 11.8 Å². The molecule has 0 amide bonds. The van der Waals surface area contributed by atoms with Crippen molar-refractivity contribution in [3.8, 4) is 11.5 Å². The predicted molar refractivity (Wildman–Crippen MR) is 106 cm³/mol. The Morgan fingerprint density at radius 1 is 0.964 bits per heavy atom. The molecule has 1 N–H and O–H groups in total. The van der Waals surface area contributed by atoms with E-state index in [-0.39, 0.29) is 22.2 Å². The lowest BCUT2D eigenvalue weighted by atomic mass is 10.0. The lowest BCUT2D eigenvalue weighted by Gasteiger charge is -2.16. The average molecular weight is 397 g/mol. The highest BCUT2D eigenvalue weighted by Crippen LogP contribution is 2.36. The van der Waals surface area contributed by atoms with Crippen LogP contribution < -0.4 is 15.0 Å². The van der Waals surface area contributed by atoms with Crippen LogP contribution in [-0.4, -0.2) is 35.2 Å². The average Bonchev–Trinajstić information content (AvgIpc) is 2.74. The van der Waals surface area contributed by atoms with E-state index < -0.39 is 5.25 Å². The van der Waals surface area contributed by atoms with Gasteiger partial charge in [0.2, 0.25) is 0 Å². The number of aryl methyl sites for hydroxylation is 1. The zero-order valence-electron chi connectivity index (χ0n) is 15.6. The molecule has 0 fully saturated rings. The molecule has 8 heteroatoms. The summed E-state index contributed by atoms with van der Waals surface area (Å²) in [6.45, 7) is 1.57. The Bertz CT molecular complexity index is 1020. The summed E-state index contributed by atoms with van der Waals surface area (Å²) >= 11 is 1.14. The smallest absolute Gasteiger partial charge is 0.273 e. The molecule has 144 valence electrons. The van der Waals surface area contributed by atoms with E-state index >= 15 is 0 Å². The van der Waals surface area contributed by atoms with Crippen molar-refractivity contribution >= 4 is 17.5 Å². The third-order valence-electron chi connectivity index (χ3n) is 4.10. The van der Waals surface area contributed by atoms with Crippen LogP contribution in [0.2, 0.25) is 0 Å². The summed E-state index contributed by atoms with van der Waals surface area (Å²) in [5.74, 6) is 1.23. The quantitative estimate of drug-likeness (QED) is 0.483. The van der Waals surface area contributed by atoms with Crippen LogP contribution in [-0.2, 0) is 0 Å². The van der Waals surface area contributed by atoms with Crippen LogP contribution in [0, 0.1) is 6.92 Å². The van der Waals surface area contributed by atoms with Crippen molar-refractivity contribution in [3.05, 3.63) is 75.7 Å². The summed E-state index contributed by atoms with van der Waals surface area (Å²) in [7, 11) is 3.15. The normalized spacial score (nSPS) is 11.7. The predicted octanol–water partition coefficient (Wildman–Crippen LogP) is 3.21. The third kappa shape index (κ3) is 4.40. The van der Waals surface area contributed by atoms with Crippen LogP contribution in [0.4, 0.5) is 0 Å². The largest absolute Gasteiger partial charge is 0.497 e. The van der Waals surface area contributed by atoms with Crippen molar-refractivity contribution in [2.75, 3.05) is 14.2 Å². The molecule has 0 saturated heterocycles. The molecule has 0 aliphatic heterocycles. The second kappa shape index (κ2) is 8.71. The maximum atomic E-state index is 13.2. The molecule has 3 aromatic rings. The van der Waals surface area contributed by atoms with Crippen molar-refractivity contribution in [3.63, 3.8) is 0 Å². The summed E-state index contributed by atoms with van der Waals surface area (Å²) in [5.41, 5.74) is 1.22. The number of nitrogens with zero attached hydrogens (tertiary/aromatic N) is 2. The monoisotopic (exact) mass is 397 g/mol. The van der Waals surface area contributed by atoms with E-state index in [1.807, 2.05) is 12.1 Å². The molecule has 1 atom stereocenters. The van der Waals surface area contributed by atoms with Crippen molar-refractivity contribution in [1.29, 1.82) is 0 Å². The molecule has 2 aromatic carbocycles. The van der Waals surface area contributed by atoms with Gasteiger partial charge in [-0.15, -0.1) is 10.2 Å². The second-order valence-electron chi connectivity index (χ2n) is 5.91. The molecule has 0 aliphatic rings. The van der Waals surface area contributed by atoms with Gasteiger partial charge in [-0.3, -0.25) is 14.6 Å². The molecule has 7 nitrogen and oxygen atoms in total. The Morgan fingerprint density at radius 3 is 2.07 bits per heavy atom. The Hall–Kier alpha value is -3.13. The minimum absolute atomic E-state index is 0.124. The summed E-state index contributed by atoms with van der Waals surface area (Å²) in [4.78, 5) is 27.7. The Labute approximate surface area is 166 Å². The standard InChI is InChI=1S/C20H19N3O4S/c1-12-19(25)21-20(23-22-12)28-18(14-6-10-16(27-3)11-7-14)17(24)13-4-8-15(26-2)9-5-13/h4-11,18H,1-3H3,(H,21,23,25)/t18-/m0/s1. The number of hydrogen-bond acceptors (Lipinski definition) is 7. The lowest BCUT2D eigenvalue weighted by molar-refractivity contribution is 0.0989. The van der Waals surface area contributed by atoms with Crippen molar-refractivity contribution < 1.29 is 14.3 Å². The number of thioether (sulfide) groups is 1. The van der Waals surface area contributed by atoms with Gasteiger partial charge in [0.05, 0.1) is 14.2 Å². The summed E-state index contributed by atoms with van der Waals surface area (Å²) in [5, 5.41) is 7.50. The van der Waals surface area contributed by atoms with Gasteiger partial charge in [0.15, 0.2) is 10.9 Å². The fourth-order valence-corrected chi connectivity index (χ4v) is 3.50. The molecule has 3 rings (SSSR count). The molecule has 0 radical (unpaired) electrons. The van der Waals surface area contributed by atoms with Gasteiger partial charge in [-0.05, 0) is 48.9 Å². The number of carbonyl (C=O) groups excluding carboxylic acids is 1. The van der Waals surface area contributed by atoms with Gasteiger partial charge in [-0.1, -0.05) is 23.9 Å². The highest BCUT2D eigenvalue weighted by atomic mass is 32.2. The van der Waals surface area contributed by atoms with Gasteiger partial charge in [-0.25, -0.2) is 0 Å². The van der Waals surface area contributed by atoms with Gasteiger partial charge in [0, 0.05) is 5.56 Å². The molecule has 28 heavy (non-hydrogen) atoms. The molecule has 0 spiro atoms. The highest BCUT2D eigenvalue weighted by Gasteiger charge is 2.25. The Balaban J connectivity index is 1.97. The van der Waals surface area contributed by atoms with E-state index in [1.54, 1.807) is 57.5 Å². The molecule has 1 aromatic heterocycles. The Kier molecular flexibility index (Phi) is 6.10. The first-order valence-corrected chi connectivity index (χ1v) is 9.32. The number of aromatic nitrogens is 3. The van der Waals surface area contributed by atoms with Crippen molar-refractivity contribution in [2.45, 2.75) is 17.3 Å². The zero-order valence-corrected chi connectivity index (χ0v) is 16.4. The van der Waals surface area contributed by atoms with E-state index in [0.29, 0.717) is 17.1 Å². The number of Topliss-reactive ketones (excluding diaryl/α,β-unsaturated/α-hetero) is 1. The molecular weight excluding hydrogens is 378 g/mol. The topological polar surface area (TPSA) is 94.2 Å². The number of benzene rings is 2. The first kappa shape index (κ1) is 19.6. The van der Waals surface area contributed by atoms with Gasteiger partial charge in [-0.2, -0.15) is 0 Å². The summed E-state index contributed by atoms with van der Waals surface area (Å²) < 4.78 is 10.3. The number of ether oxygens (including phenoxy) is 2. The number of hydrogen-bond donors (Lipinski definition) is 1. The van der Waals surface area contributed by atoms with Crippen LogP contribution in [0.25, 0.3) is 0 Å². The van der Waals surface area contributed by atoms with Gasteiger partial charge in [0.25, 0.3) is 5.56 Å². The van der Waals surface area contributed by atoms with Gasteiger partial charge < -0.3 is 9.47 Å².